The first-order valence-corrected chi connectivity index (χ1v) is 6.22. The number of nitrogens with two attached hydrogens (primary N) is 1. The fourth-order valence-corrected chi connectivity index (χ4v) is 1.51. The van der Waals surface area contributed by atoms with E-state index in [1.807, 2.05) is 45.0 Å². The Morgan fingerprint density at radius 2 is 1.72 bits per heavy atom. The van der Waals surface area contributed by atoms with Gasteiger partial charge < -0.3 is 15.8 Å². The first kappa shape index (κ1) is 14.5. The van der Waals surface area contributed by atoms with Gasteiger partial charge in [0, 0.05) is 12.1 Å². The van der Waals surface area contributed by atoms with Gasteiger partial charge >= 0.3 is 0 Å². The number of carbonyl (C=O) groups is 1. The van der Waals surface area contributed by atoms with Crippen molar-refractivity contribution in [1.29, 1.82) is 0 Å². The Kier molecular flexibility index (Phi) is 5.16. The third-order valence-corrected chi connectivity index (χ3v) is 2.52. The first-order valence-electron chi connectivity index (χ1n) is 6.22. The number of amides is 1. The summed E-state index contributed by atoms with van der Waals surface area (Å²) in [5.74, 6) is 0.562. The zero-order valence-corrected chi connectivity index (χ0v) is 11.4. The van der Waals surface area contributed by atoms with Crippen LogP contribution in [0.1, 0.15) is 39.3 Å². The Labute approximate surface area is 109 Å². The second-order valence-electron chi connectivity index (χ2n) is 4.78. The van der Waals surface area contributed by atoms with Crippen molar-refractivity contribution < 1.29 is 9.53 Å². The van der Waals surface area contributed by atoms with Crippen LogP contribution in [0.5, 0.6) is 5.75 Å². The molecule has 0 saturated carbocycles. The molecule has 4 nitrogen and oxygen atoms in total. The lowest BCUT2D eigenvalue weighted by Gasteiger charge is -2.16. The lowest BCUT2D eigenvalue weighted by Crippen LogP contribution is -2.40. The van der Waals surface area contributed by atoms with Crippen molar-refractivity contribution in [1.82, 2.24) is 5.32 Å². The van der Waals surface area contributed by atoms with E-state index in [1.165, 1.54) is 0 Å². The Bertz CT molecular complexity index is 385. The number of ether oxygens (including phenoxy) is 1. The molecule has 0 spiro atoms. The molecule has 0 aromatic heterocycles. The molecule has 0 aliphatic heterocycles. The molecular formula is C14H22N2O2. The number of nitrogens with one attached hydrogen (secondary N) is 1. The number of hydrogen-bond acceptors (Lipinski definition) is 3. The van der Waals surface area contributed by atoms with Crippen LogP contribution in [0.4, 0.5) is 0 Å². The van der Waals surface area contributed by atoms with Gasteiger partial charge in [0.25, 0.3) is 5.91 Å². The van der Waals surface area contributed by atoms with Crippen LogP contribution >= 0.6 is 0 Å². The summed E-state index contributed by atoms with van der Waals surface area (Å²) in [5.41, 5.74) is 6.81. The Hall–Kier alpha value is -1.55. The van der Waals surface area contributed by atoms with Gasteiger partial charge in [-0.2, -0.15) is 0 Å². The van der Waals surface area contributed by atoms with Crippen LogP contribution in [-0.4, -0.2) is 18.1 Å². The number of benzene rings is 1. The SMILES string of the molecule is CC(C)NC(=O)C(C)Oc1ccc([C@H](C)N)cc1. The third kappa shape index (κ3) is 4.37. The molecule has 0 saturated heterocycles. The third-order valence-electron chi connectivity index (χ3n) is 2.52. The second kappa shape index (κ2) is 6.40. The van der Waals surface area contributed by atoms with Crippen LogP contribution in [0.3, 0.4) is 0 Å². The highest BCUT2D eigenvalue weighted by Crippen LogP contribution is 2.17. The van der Waals surface area contributed by atoms with Crippen LogP contribution in [0, 0.1) is 0 Å². The van der Waals surface area contributed by atoms with E-state index in [4.69, 9.17) is 10.5 Å². The lowest BCUT2D eigenvalue weighted by atomic mass is 10.1. The normalized spacial score (nSPS) is 14.1. The Morgan fingerprint density at radius 1 is 1.17 bits per heavy atom. The molecule has 0 aliphatic carbocycles. The summed E-state index contributed by atoms with van der Waals surface area (Å²) in [7, 11) is 0. The van der Waals surface area contributed by atoms with Crippen LogP contribution in [0.15, 0.2) is 24.3 Å². The van der Waals surface area contributed by atoms with Crippen LogP contribution in [0.25, 0.3) is 0 Å². The van der Waals surface area contributed by atoms with Gasteiger partial charge in [-0.1, -0.05) is 12.1 Å². The number of rotatable bonds is 5. The summed E-state index contributed by atoms with van der Waals surface area (Å²) in [6.07, 6.45) is -0.506. The van der Waals surface area contributed by atoms with E-state index in [-0.39, 0.29) is 18.0 Å². The minimum Gasteiger partial charge on any atom is -0.481 e. The molecule has 3 N–H and O–H groups in total. The molecule has 2 atom stereocenters. The van der Waals surface area contributed by atoms with Gasteiger partial charge in [-0.05, 0) is 45.4 Å². The van der Waals surface area contributed by atoms with Gasteiger partial charge in [-0.3, -0.25) is 4.79 Å². The van der Waals surface area contributed by atoms with E-state index in [9.17, 15) is 4.79 Å². The molecule has 0 radical (unpaired) electrons. The quantitative estimate of drug-likeness (QED) is 0.840. The topological polar surface area (TPSA) is 64.3 Å². The zero-order valence-electron chi connectivity index (χ0n) is 11.4. The summed E-state index contributed by atoms with van der Waals surface area (Å²) < 4.78 is 5.56. The Morgan fingerprint density at radius 3 is 2.17 bits per heavy atom. The molecule has 1 amide bonds. The van der Waals surface area contributed by atoms with E-state index in [1.54, 1.807) is 6.92 Å². The average molecular weight is 250 g/mol. The first-order chi connectivity index (χ1) is 8.40. The molecule has 0 aliphatic rings. The lowest BCUT2D eigenvalue weighted by molar-refractivity contribution is -0.127. The molecule has 1 unspecified atom stereocenters. The van der Waals surface area contributed by atoms with Gasteiger partial charge in [-0.15, -0.1) is 0 Å². The molecule has 0 heterocycles. The van der Waals surface area contributed by atoms with Crippen molar-refractivity contribution >= 4 is 5.91 Å². The Balaban J connectivity index is 2.59. The summed E-state index contributed by atoms with van der Waals surface area (Å²) in [6.45, 7) is 7.50. The molecule has 4 heteroatoms. The number of hydrogen-bond donors (Lipinski definition) is 2. The highest BCUT2D eigenvalue weighted by atomic mass is 16.5. The maximum absolute atomic E-state index is 11.7. The van der Waals surface area contributed by atoms with Crippen molar-refractivity contribution in [3.63, 3.8) is 0 Å². The second-order valence-corrected chi connectivity index (χ2v) is 4.78. The smallest absolute Gasteiger partial charge is 0.260 e. The van der Waals surface area contributed by atoms with Crippen molar-refractivity contribution in [2.24, 2.45) is 5.73 Å². The molecule has 0 fully saturated rings. The number of carbonyl (C=O) groups excluding carboxylic acids is 1. The highest BCUT2D eigenvalue weighted by Gasteiger charge is 2.15. The van der Waals surface area contributed by atoms with Gasteiger partial charge in [0.05, 0.1) is 0 Å². The van der Waals surface area contributed by atoms with Crippen LogP contribution in [0.2, 0.25) is 0 Å². The molecule has 1 rings (SSSR count). The van der Waals surface area contributed by atoms with Crippen molar-refractivity contribution in [2.45, 2.75) is 45.9 Å². The van der Waals surface area contributed by atoms with Gasteiger partial charge in [0.2, 0.25) is 0 Å². The summed E-state index contributed by atoms with van der Waals surface area (Å²) >= 11 is 0. The maximum atomic E-state index is 11.7. The van der Waals surface area contributed by atoms with Crippen molar-refractivity contribution in [3.8, 4) is 5.75 Å². The molecule has 1 aromatic carbocycles. The predicted octanol–water partition coefficient (Wildman–Crippen LogP) is 2.00. The maximum Gasteiger partial charge on any atom is 0.260 e. The van der Waals surface area contributed by atoms with E-state index >= 15 is 0 Å². The van der Waals surface area contributed by atoms with Crippen molar-refractivity contribution in [2.75, 3.05) is 0 Å². The minimum atomic E-state index is -0.506. The molecular weight excluding hydrogens is 228 g/mol. The fraction of sp³-hybridized carbons (Fsp3) is 0.500. The van der Waals surface area contributed by atoms with E-state index < -0.39 is 6.10 Å². The average Bonchev–Trinajstić information content (AvgIpc) is 2.28. The van der Waals surface area contributed by atoms with E-state index in [0.29, 0.717) is 5.75 Å². The monoisotopic (exact) mass is 250 g/mol. The summed E-state index contributed by atoms with van der Waals surface area (Å²) in [4.78, 5) is 11.7. The summed E-state index contributed by atoms with van der Waals surface area (Å²) in [6, 6.07) is 7.60. The minimum absolute atomic E-state index is 0.000660. The zero-order chi connectivity index (χ0) is 13.7. The highest BCUT2D eigenvalue weighted by molar-refractivity contribution is 5.80. The fourth-order valence-electron chi connectivity index (χ4n) is 1.51. The van der Waals surface area contributed by atoms with E-state index in [2.05, 4.69) is 5.32 Å². The molecule has 18 heavy (non-hydrogen) atoms. The van der Waals surface area contributed by atoms with Gasteiger partial charge in [0.15, 0.2) is 6.10 Å². The summed E-state index contributed by atoms with van der Waals surface area (Å²) in [5, 5.41) is 2.81. The predicted molar refractivity (Wildman–Crippen MR) is 72.4 cm³/mol. The van der Waals surface area contributed by atoms with Gasteiger partial charge in [-0.25, -0.2) is 0 Å². The van der Waals surface area contributed by atoms with Crippen LogP contribution in [-0.2, 0) is 4.79 Å². The standard InChI is InChI=1S/C14H22N2O2/c1-9(2)16-14(17)11(4)18-13-7-5-12(6-8-13)10(3)15/h5-11H,15H2,1-4H3,(H,16,17)/t10-,11?/m0/s1. The van der Waals surface area contributed by atoms with E-state index in [0.717, 1.165) is 5.56 Å². The van der Waals surface area contributed by atoms with Crippen molar-refractivity contribution in [3.05, 3.63) is 29.8 Å². The molecule has 100 valence electrons. The molecule has 0 bridgehead atoms. The van der Waals surface area contributed by atoms with Gasteiger partial charge in [0.1, 0.15) is 5.75 Å². The largest absolute Gasteiger partial charge is 0.481 e. The van der Waals surface area contributed by atoms with Crippen LogP contribution < -0.4 is 15.8 Å². The molecule has 1 aromatic rings.